The summed E-state index contributed by atoms with van der Waals surface area (Å²) in [5.74, 6) is 0. The summed E-state index contributed by atoms with van der Waals surface area (Å²) in [6, 6.07) is 4.30. The number of halogens is 3. The summed E-state index contributed by atoms with van der Waals surface area (Å²) in [6.07, 6.45) is -2.91. The van der Waals surface area contributed by atoms with Gasteiger partial charge in [-0.05, 0) is 24.3 Å². The molecule has 0 saturated carbocycles. The van der Waals surface area contributed by atoms with Crippen molar-refractivity contribution in [1.29, 1.82) is 0 Å². The van der Waals surface area contributed by atoms with Crippen molar-refractivity contribution in [2.24, 2.45) is 0 Å². The minimum atomic E-state index is -4.33. The van der Waals surface area contributed by atoms with Crippen LogP contribution in [-0.4, -0.2) is 10.5 Å². The van der Waals surface area contributed by atoms with Crippen molar-refractivity contribution in [3.63, 3.8) is 0 Å². The molecule has 1 aromatic rings. The van der Waals surface area contributed by atoms with Crippen molar-refractivity contribution in [2.45, 2.75) is 24.9 Å². The van der Waals surface area contributed by atoms with Gasteiger partial charge in [0, 0.05) is 22.0 Å². The van der Waals surface area contributed by atoms with Gasteiger partial charge in [-0.15, -0.1) is 0 Å². The highest BCUT2D eigenvalue weighted by Gasteiger charge is 2.29. The van der Waals surface area contributed by atoms with Gasteiger partial charge in [-0.2, -0.15) is 13.2 Å². The Balaban J connectivity index is 0.000000921. The fourth-order valence-electron chi connectivity index (χ4n) is 0.836. The second-order valence-corrected chi connectivity index (χ2v) is 3.86. The molecule has 1 nitrogen and oxygen atoms in total. The highest BCUT2D eigenvalue weighted by Crippen LogP contribution is 2.29. The molecule has 1 aromatic carbocycles. The van der Waals surface area contributed by atoms with E-state index in [1.54, 1.807) is 0 Å². The van der Waals surface area contributed by atoms with E-state index in [1.807, 2.05) is 13.8 Å². The first-order valence-electron chi connectivity index (χ1n) is 4.42. The Bertz CT molecular complexity index is 316. The van der Waals surface area contributed by atoms with Crippen LogP contribution in [-0.2, 0) is 17.0 Å². The van der Waals surface area contributed by atoms with Crippen LogP contribution in [0.25, 0.3) is 0 Å². The molecule has 0 saturated heterocycles. The minimum absolute atomic E-state index is 0.396. The molecule has 0 heterocycles. The predicted octanol–water partition coefficient (Wildman–Crippen LogP) is 3.47. The van der Waals surface area contributed by atoms with Crippen molar-refractivity contribution >= 4 is 10.8 Å². The number of benzene rings is 1. The molecule has 1 atom stereocenters. The highest BCUT2D eigenvalue weighted by atomic mass is 32.2. The maximum absolute atomic E-state index is 12.0. The summed E-state index contributed by atoms with van der Waals surface area (Å²) >= 11 is 0. The second-order valence-electron chi connectivity index (χ2n) is 2.48. The molecule has 1 unspecified atom stereocenters. The maximum Gasteiger partial charge on any atom is 0.416 e. The number of hydrogen-bond donors (Lipinski definition) is 0. The van der Waals surface area contributed by atoms with Crippen molar-refractivity contribution in [1.82, 2.24) is 0 Å². The number of hydrogen-bond acceptors (Lipinski definition) is 1. The molecule has 0 amide bonds. The standard InChI is InChI=1S/C8H7F3OS.C2H6/c1-13(12)7-4-2-6(3-5-7)8(9,10)11;1-2/h2-5H,1H3;1-2H3. The number of alkyl halides is 3. The SMILES string of the molecule is CC.CS(=O)c1ccc(C(F)(F)F)cc1. The molecule has 0 aromatic heterocycles. The van der Waals surface area contributed by atoms with Crippen LogP contribution >= 0.6 is 0 Å². The van der Waals surface area contributed by atoms with Crippen molar-refractivity contribution in [3.8, 4) is 0 Å². The third-order valence-corrected chi connectivity index (χ3v) is 2.45. The van der Waals surface area contributed by atoms with E-state index in [0.29, 0.717) is 4.90 Å². The average molecular weight is 238 g/mol. The molecule has 0 spiro atoms. The fraction of sp³-hybridized carbons (Fsp3) is 0.400. The van der Waals surface area contributed by atoms with Gasteiger partial charge < -0.3 is 0 Å². The van der Waals surface area contributed by atoms with Crippen LogP contribution in [0, 0.1) is 0 Å². The van der Waals surface area contributed by atoms with Gasteiger partial charge in [0.25, 0.3) is 0 Å². The van der Waals surface area contributed by atoms with Crippen LogP contribution in [0.3, 0.4) is 0 Å². The summed E-state index contributed by atoms with van der Waals surface area (Å²) in [6.45, 7) is 4.00. The lowest BCUT2D eigenvalue weighted by molar-refractivity contribution is -0.137. The van der Waals surface area contributed by atoms with Gasteiger partial charge in [-0.3, -0.25) is 4.21 Å². The van der Waals surface area contributed by atoms with Gasteiger partial charge in [0.05, 0.1) is 5.56 Å². The van der Waals surface area contributed by atoms with Gasteiger partial charge >= 0.3 is 6.18 Å². The first-order chi connectivity index (χ1) is 6.91. The van der Waals surface area contributed by atoms with Crippen LogP contribution in [0.5, 0.6) is 0 Å². The molecule has 86 valence electrons. The van der Waals surface area contributed by atoms with Crippen molar-refractivity contribution in [3.05, 3.63) is 29.8 Å². The summed E-state index contributed by atoms with van der Waals surface area (Å²) < 4.78 is 47.0. The largest absolute Gasteiger partial charge is 0.416 e. The fourth-order valence-corrected chi connectivity index (χ4v) is 1.35. The van der Waals surface area contributed by atoms with E-state index in [0.717, 1.165) is 12.1 Å². The zero-order chi connectivity index (χ0) is 12.1. The predicted molar refractivity (Wildman–Crippen MR) is 55.1 cm³/mol. The van der Waals surface area contributed by atoms with Gasteiger partial charge in [-0.25, -0.2) is 0 Å². The van der Waals surface area contributed by atoms with Crippen LogP contribution in [0.2, 0.25) is 0 Å². The molecule has 15 heavy (non-hydrogen) atoms. The van der Waals surface area contributed by atoms with E-state index in [1.165, 1.54) is 18.4 Å². The monoisotopic (exact) mass is 238 g/mol. The third-order valence-electron chi connectivity index (χ3n) is 1.51. The quantitative estimate of drug-likeness (QED) is 0.732. The smallest absolute Gasteiger partial charge is 0.255 e. The van der Waals surface area contributed by atoms with Gasteiger partial charge in [0.2, 0.25) is 0 Å². The molecule has 0 aliphatic rings. The summed E-state index contributed by atoms with van der Waals surface area (Å²) in [5, 5.41) is 0. The zero-order valence-electron chi connectivity index (χ0n) is 8.76. The van der Waals surface area contributed by atoms with E-state index < -0.39 is 22.5 Å². The second kappa shape index (κ2) is 5.90. The lowest BCUT2D eigenvalue weighted by Crippen LogP contribution is -2.04. The van der Waals surface area contributed by atoms with E-state index in [-0.39, 0.29) is 0 Å². The molecule has 0 aliphatic heterocycles. The van der Waals surface area contributed by atoms with Crippen LogP contribution in [0.4, 0.5) is 13.2 Å². The first kappa shape index (κ1) is 14.2. The number of rotatable bonds is 1. The lowest BCUT2D eigenvalue weighted by atomic mass is 10.2. The van der Waals surface area contributed by atoms with E-state index in [4.69, 9.17) is 0 Å². The molecule has 0 fully saturated rings. The Morgan fingerprint density at radius 1 is 1.07 bits per heavy atom. The minimum Gasteiger partial charge on any atom is -0.255 e. The molecule has 5 heteroatoms. The Hall–Kier alpha value is -0.840. The van der Waals surface area contributed by atoms with E-state index in [2.05, 4.69) is 0 Å². The van der Waals surface area contributed by atoms with Gasteiger partial charge in [0.1, 0.15) is 0 Å². The molecular formula is C10H13F3OS. The normalized spacial score (nSPS) is 12.7. The molecular weight excluding hydrogens is 225 g/mol. The lowest BCUT2D eigenvalue weighted by Gasteiger charge is -2.05. The summed E-state index contributed by atoms with van der Waals surface area (Å²) in [4.78, 5) is 0.396. The molecule has 0 N–H and O–H groups in total. The molecule has 1 rings (SSSR count). The van der Waals surface area contributed by atoms with Gasteiger partial charge in [-0.1, -0.05) is 13.8 Å². The Kier molecular flexibility index (Phi) is 5.57. The third kappa shape index (κ3) is 4.46. The molecule has 0 aliphatic carbocycles. The Morgan fingerprint density at radius 3 is 1.73 bits per heavy atom. The van der Waals surface area contributed by atoms with Crippen LogP contribution in [0.1, 0.15) is 19.4 Å². The van der Waals surface area contributed by atoms with E-state index in [9.17, 15) is 17.4 Å². The van der Waals surface area contributed by atoms with Crippen molar-refractivity contribution in [2.75, 3.05) is 6.26 Å². The van der Waals surface area contributed by atoms with Crippen LogP contribution < -0.4 is 0 Å². The first-order valence-corrected chi connectivity index (χ1v) is 5.98. The topological polar surface area (TPSA) is 17.1 Å². The Labute approximate surface area is 89.8 Å². The summed E-state index contributed by atoms with van der Waals surface area (Å²) in [5.41, 5.74) is -0.721. The van der Waals surface area contributed by atoms with E-state index >= 15 is 0 Å². The maximum atomic E-state index is 12.0. The van der Waals surface area contributed by atoms with Crippen LogP contribution in [0.15, 0.2) is 29.2 Å². The van der Waals surface area contributed by atoms with Gasteiger partial charge in [0.15, 0.2) is 0 Å². The molecule has 0 radical (unpaired) electrons. The average Bonchev–Trinajstić information content (AvgIpc) is 2.20. The zero-order valence-corrected chi connectivity index (χ0v) is 9.58. The highest BCUT2D eigenvalue weighted by molar-refractivity contribution is 7.84. The summed E-state index contributed by atoms with van der Waals surface area (Å²) in [7, 11) is -1.23. The van der Waals surface area contributed by atoms with Crippen molar-refractivity contribution < 1.29 is 17.4 Å². The molecule has 0 bridgehead atoms. The Morgan fingerprint density at radius 2 is 1.47 bits per heavy atom.